The second kappa shape index (κ2) is 7.20. The number of nitrogens with zero attached hydrogens (tertiary/aromatic N) is 1. The SMILES string of the molecule is CN(C)CCCOC1CCCCCC1N. The first kappa shape index (κ1) is 12.9. The van der Waals surface area contributed by atoms with Crippen LogP contribution in [0.2, 0.25) is 0 Å². The van der Waals surface area contributed by atoms with E-state index in [0.29, 0.717) is 6.10 Å². The maximum Gasteiger partial charge on any atom is 0.0725 e. The average molecular weight is 214 g/mol. The summed E-state index contributed by atoms with van der Waals surface area (Å²) in [4.78, 5) is 2.19. The molecule has 3 heteroatoms. The summed E-state index contributed by atoms with van der Waals surface area (Å²) >= 11 is 0. The van der Waals surface area contributed by atoms with Gasteiger partial charge in [0.1, 0.15) is 0 Å². The third-order valence-corrected chi connectivity index (χ3v) is 3.09. The highest BCUT2D eigenvalue weighted by molar-refractivity contribution is 4.76. The molecule has 1 rings (SSSR count). The van der Waals surface area contributed by atoms with Gasteiger partial charge < -0.3 is 15.4 Å². The highest BCUT2D eigenvalue weighted by atomic mass is 16.5. The second-order valence-corrected chi connectivity index (χ2v) is 4.87. The Bertz CT molecular complexity index is 162. The van der Waals surface area contributed by atoms with E-state index in [0.717, 1.165) is 32.4 Å². The van der Waals surface area contributed by atoms with Gasteiger partial charge in [0.15, 0.2) is 0 Å². The highest BCUT2D eigenvalue weighted by Crippen LogP contribution is 2.19. The molecule has 0 saturated heterocycles. The maximum absolute atomic E-state index is 6.09. The first-order chi connectivity index (χ1) is 7.20. The van der Waals surface area contributed by atoms with Gasteiger partial charge in [0.25, 0.3) is 0 Å². The molecule has 1 aliphatic rings. The van der Waals surface area contributed by atoms with E-state index in [1.165, 1.54) is 19.3 Å². The van der Waals surface area contributed by atoms with E-state index in [-0.39, 0.29) is 6.04 Å². The average Bonchev–Trinajstić information content (AvgIpc) is 2.38. The summed E-state index contributed by atoms with van der Waals surface area (Å²) in [7, 11) is 4.19. The Balaban J connectivity index is 2.12. The smallest absolute Gasteiger partial charge is 0.0725 e. The molecule has 2 unspecified atom stereocenters. The molecule has 15 heavy (non-hydrogen) atoms. The van der Waals surface area contributed by atoms with Gasteiger partial charge in [-0.05, 0) is 39.9 Å². The van der Waals surface area contributed by atoms with E-state index < -0.39 is 0 Å². The minimum atomic E-state index is 0.270. The predicted molar refractivity (Wildman–Crippen MR) is 64.0 cm³/mol. The molecule has 0 aromatic carbocycles. The minimum Gasteiger partial charge on any atom is -0.377 e. The monoisotopic (exact) mass is 214 g/mol. The van der Waals surface area contributed by atoms with Gasteiger partial charge in [-0.25, -0.2) is 0 Å². The molecule has 0 aromatic heterocycles. The fraction of sp³-hybridized carbons (Fsp3) is 1.00. The molecule has 2 N–H and O–H groups in total. The van der Waals surface area contributed by atoms with E-state index in [1.807, 2.05) is 0 Å². The molecule has 0 aliphatic heterocycles. The molecule has 90 valence electrons. The van der Waals surface area contributed by atoms with E-state index in [2.05, 4.69) is 19.0 Å². The number of rotatable bonds is 5. The Morgan fingerprint density at radius 2 is 1.93 bits per heavy atom. The third kappa shape index (κ3) is 5.50. The molecule has 0 bridgehead atoms. The third-order valence-electron chi connectivity index (χ3n) is 3.09. The molecule has 0 heterocycles. The largest absolute Gasteiger partial charge is 0.377 e. The van der Waals surface area contributed by atoms with Gasteiger partial charge in [0, 0.05) is 12.6 Å². The Kier molecular flexibility index (Phi) is 6.22. The normalized spacial score (nSPS) is 28.0. The summed E-state index contributed by atoms with van der Waals surface area (Å²) in [5.41, 5.74) is 6.09. The molecular formula is C12H26N2O. The molecule has 0 aromatic rings. The van der Waals surface area contributed by atoms with Crippen LogP contribution in [0.25, 0.3) is 0 Å². The zero-order valence-corrected chi connectivity index (χ0v) is 10.2. The van der Waals surface area contributed by atoms with Gasteiger partial charge in [-0.2, -0.15) is 0 Å². The lowest BCUT2D eigenvalue weighted by Crippen LogP contribution is -2.36. The molecule has 1 aliphatic carbocycles. The van der Waals surface area contributed by atoms with Gasteiger partial charge >= 0.3 is 0 Å². The standard InChI is InChI=1S/C12H26N2O/c1-14(2)9-6-10-15-12-8-5-3-4-7-11(12)13/h11-12H,3-10,13H2,1-2H3. The molecular weight excluding hydrogens is 188 g/mol. The Labute approximate surface area is 94.0 Å². The van der Waals surface area contributed by atoms with Crippen LogP contribution in [-0.2, 0) is 4.74 Å². The van der Waals surface area contributed by atoms with Crippen molar-refractivity contribution in [3.8, 4) is 0 Å². The number of nitrogens with two attached hydrogens (primary N) is 1. The Hall–Kier alpha value is -0.120. The van der Waals surface area contributed by atoms with Crippen molar-refractivity contribution in [2.45, 2.75) is 50.7 Å². The van der Waals surface area contributed by atoms with Gasteiger partial charge in [-0.1, -0.05) is 19.3 Å². The summed E-state index contributed by atoms with van der Waals surface area (Å²) in [6.45, 7) is 1.96. The molecule has 2 atom stereocenters. The minimum absolute atomic E-state index is 0.270. The van der Waals surface area contributed by atoms with Gasteiger partial charge in [0.05, 0.1) is 6.10 Å². The van der Waals surface area contributed by atoms with Crippen LogP contribution >= 0.6 is 0 Å². The van der Waals surface area contributed by atoms with Crippen molar-refractivity contribution in [2.75, 3.05) is 27.2 Å². The summed E-state index contributed by atoms with van der Waals surface area (Å²) < 4.78 is 5.87. The fourth-order valence-electron chi connectivity index (χ4n) is 2.12. The van der Waals surface area contributed by atoms with Crippen molar-refractivity contribution in [1.82, 2.24) is 4.90 Å². The molecule has 0 spiro atoms. The number of hydrogen-bond acceptors (Lipinski definition) is 3. The van der Waals surface area contributed by atoms with Crippen LogP contribution in [0.15, 0.2) is 0 Å². The fourth-order valence-corrected chi connectivity index (χ4v) is 2.12. The topological polar surface area (TPSA) is 38.5 Å². The van der Waals surface area contributed by atoms with Gasteiger partial charge in [-0.3, -0.25) is 0 Å². The first-order valence-corrected chi connectivity index (χ1v) is 6.22. The Morgan fingerprint density at radius 1 is 1.20 bits per heavy atom. The summed E-state index contributed by atoms with van der Waals surface area (Å²) in [6, 6.07) is 0.270. The summed E-state index contributed by atoms with van der Waals surface area (Å²) in [6.07, 6.45) is 7.60. The van der Waals surface area contributed by atoms with Crippen LogP contribution in [0.1, 0.15) is 38.5 Å². The van der Waals surface area contributed by atoms with Crippen LogP contribution in [0.5, 0.6) is 0 Å². The lowest BCUT2D eigenvalue weighted by atomic mass is 10.1. The lowest BCUT2D eigenvalue weighted by molar-refractivity contribution is 0.0276. The van der Waals surface area contributed by atoms with Crippen LogP contribution in [0.3, 0.4) is 0 Å². The van der Waals surface area contributed by atoms with E-state index in [1.54, 1.807) is 0 Å². The zero-order chi connectivity index (χ0) is 11.1. The van der Waals surface area contributed by atoms with Crippen molar-refractivity contribution >= 4 is 0 Å². The van der Waals surface area contributed by atoms with Gasteiger partial charge in [-0.15, -0.1) is 0 Å². The molecule has 1 fully saturated rings. The summed E-state index contributed by atoms with van der Waals surface area (Å²) in [5.74, 6) is 0. The predicted octanol–water partition coefficient (Wildman–Crippen LogP) is 1.61. The van der Waals surface area contributed by atoms with Crippen LogP contribution in [-0.4, -0.2) is 44.3 Å². The van der Waals surface area contributed by atoms with Crippen LogP contribution < -0.4 is 5.73 Å². The number of ether oxygens (including phenoxy) is 1. The molecule has 3 nitrogen and oxygen atoms in total. The Morgan fingerprint density at radius 3 is 2.67 bits per heavy atom. The van der Waals surface area contributed by atoms with Crippen LogP contribution in [0.4, 0.5) is 0 Å². The van der Waals surface area contributed by atoms with E-state index in [9.17, 15) is 0 Å². The van der Waals surface area contributed by atoms with Crippen LogP contribution in [0, 0.1) is 0 Å². The molecule has 1 saturated carbocycles. The van der Waals surface area contributed by atoms with Crippen molar-refractivity contribution in [3.05, 3.63) is 0 Å². The van der Waals surface area contributed by atoms with Crippen molar-refractivity contribution in [1.29, 1.82) is 0 Å². The van der Waals surface area contributed by atoms with E-state index in [4.69, 9.17) is 10.5 Å². The second-order valence-electron chi connectivity index (χ2n) is 4.87. The number of hydrogen-bond donors (Lipinski definition) is 1. The maximum atomic E-state index is 6.09. The summed E-state index contributed by atoms with van der Waals surface area (Å²) in [5, 5.41) is 0. The quantitative estimate of drug-likeness (QED) is 0.558. The van der Waals surface area contributed by atoms with Crippen molar-refractivity contribution < 1.29 is 4.74 Å². The molecule has 0 radical (unpaired) electrons. The zero-order valence-electron chi connectivity index (χ0n) is 10.2. The van der Waals surface area contributed by atoms with E-state index >= 15 is 0 Å². The van der Waals surface area contributed by atoms with Gasteiger partial charge in [0.2, 0.25) is 0 Å². The lowest BCUT2D eigenvalue weighted by Gasteiger charge is -2.22. The highest BCUT2D eigenvalue weighted by Gasteiger charge is 2.20. The molecule has 0 amide bonds. The first-order valence-electron chi connectivity index (χ1n) is 6.22. The van der Waals surface area contributed by atoms with Crippen molar-refractivity contribution in [3.63, 3.8) is 0 Å². The van der Waals surface area contributed by atoms with Crippen molar-refractivity contribution in [2.24, 2.45) is 5.73 Å².